The number of alkyl halides is 1. The van der Waals surface area contributed by atoms with E-state index in [0.717, 1.165) is 5.56 Å². The first kappa shape index (κ1) is 13.6. The van der Waals surface area contributed by atoms with Gasteiger partial charge in [-0.05, 0) is 26.3 Å². The maximum atomic E-state index is 14.2. The summed E-state index contributed by atoms with van der Waals surface area (Å²) < 4.78 is 18.9. The third-order valence-electron chi connectivity index (χ3n) is 2.95. The summed E-state index contributed by atoms with van der Waals surface area (Å²) >= 11 is 0. The molecule has 1 aromatic rings. The summed E-state index contributed by atoms with van der Waals surface area (Å²) in [7, 11) is 1.20. The van der Waals surface area contributed by atoms with E-state index >= 15 is 0 Å². The second-order valence-corrected chi connectivity index (χ2v) is 4.64. The highest BCUT2D eigenvalue weighted by Gasteiger charge is 2.51. The van der Waals surface area contributed by atoms with Gasteiger partial charge >= 0.3 is 5.97 Å². The van der Waals surface area contributed by atoms with E-state index in [1.807, 2.05) is 6.92 Å². The number of ether oxygens (including phenoxy) is 1. The number of aryl methyl sites for hydroxylation is 1. The molecule has 0 amide bonds. The van der Waals surface area contributed by atoms with Gasteiger partial charge in [-0.1, -0.05) is 29.8 Å². The van der Waals surface area contributed by atoms with Gasteiger partial charge in [-0.25, -0.2) is 9.18 Å². The van der Waals surface area contributed by atoms with Gasteiger partial charge < -0.3 is 10.5 Å². The molecule has 0 aliphatic heterocycles. The molecule has 1 unspecified atom stereocenters. The molecule has 0 fully saturated rings. The second kappa shape index (κ2) is 4.45. The molecule has 0 saturated carbocycles. The van der Waals surface area contributed by atoms with Crippen LogP contribution in [0.5, 0.6) is 0 Å². The van der Waals surface area contributed by atoms with Gasteiger partial charge in [0.15, 0.2) is 5.54 Å². The van der Waals surface area contributed by atoms with Crippen molar-refractivity contribution in [3.63, 3.8) is 0 Å². The molecule has 17 heavy (non-hydrogen) atoms. The van der Waals surface area contributed by atoms with Gasteiger partial charge in [-0.2, -0.15) is 0 Å². The number of benzene rings is 1. The normalized spacial score (nSPS) is 15.2. The number of carbonyl (C=O) groups is 1. The monoisotopic (exact) mass is 239 g/mol. The highest BCUT2D eigenvalue weighted by Crippen LogP contribution is 2.34. The summed E-state index contributed by atoms with van der Waals surface area (Å²) in [4.78, 5) is 11.8. The van der Waals surface area contributed by atoms with Crippen molar-refractivity contribution < 1.29 is 13.9 Å². The van der Waals surface area contributed by atoms with Crippen LogP contribution in [-0.2, 0) is 15.1 Å². The van der Waals surface area contributed by atoms with Crippen molar-refractivity contribution >= 4 is 5.97 Å². The largest absolute Gasteiger partial charge is 0.467 e. The summed E-state index contributed by atoms with van der Waals surface area (Å²) in [6.45, 7) is 4.44. The van der Waals surface area contributed by atoms with Crippen LogP contribution in [-0.4, -0.2) is 18.7 Å². The lowest BCUT2D eigenvalue weighted by Crippen LogP contribution is -2.58. The maximum Gasteiger partial charge on any atom is 0.333 e. The van der Waals surface area contributed by atoms with Crippen LogP contribution in [0.1, 0.15) is 25.0 Å². The van der Waals surface area contributed by atoms with Crippen molar-refractivity contribution in [1.29, 1.82) is 0 Å². The van der Waals surface area contributed by atoms with E-state index in [9.17, 15) is 9.18 Å². The molecule has 0 aliphatic rings. The number of carbonyl (C=O) groups excluding carboxylic acids is 1. The van der Waals surface area contributed by atoms with E-state index < -0.39 is 17.2 Å². The van der Waals surface area contributed by atoms with Gasteiger partial charge in [-0.15, -0.1) is 0 Å². The molecule has 0 aliphatic carbocycles. The Morgan fingerprint density at radius 2 is 1.76 bits per heavy atom. The number of halogens is 1. The fraction of sp³-hybridized carbons (Fsp3) is 0.462. The van der Waals surface area contributed by atoms with E-state index in [2.05, 4.69) is 4.74 Å². The zero-order valence-electron chi connectivity index (χ0n) is 10.6. The molecule has 2 N–H and O–H groups in total. The summed E-state index contributed by atoms with van der Waals surface area (Å²) in [6.07, 6.45) is 0. The molecule has 0 aromatic heterocycles. The van der Waals surface area contributed by atoms with E-state index in [-0.39, 0.29) is 0 Å². The predicted octanol–water partition coefficient (Wildman–Crippen LogP) is 2.07. The van der Waals surface area contributed by atoms with Crippen LogP contribution in [0.25, 0.3) is 0 Å². The zero-order valence-corrected chi connectivity index (χ0v) is 10.6. The van der Waals surface area contributed by atoms with Crippen molar-refractivity contribution in [2.75, 3.05) is 7.11 Å². The van der Waals surface area contributed by atoms with Crippen LogP contribution in [0.3, 0.4) is 0 Å². The molecule has 0 saturated heterocycles. The molecule has 0 bridgehead atoms. The lowest BCUT2D eigenvalue weighted by atomic mass is 9.78. The molecule has 1 aromatic carbocycles. The highest BCUT2D eigenvalue weighted by atomic mass is 19.1. The molecule has 1 atom stereocenters. The minimum atomic E-state index is -1.92. The third kappa shape index (κ3) is 2.31. The van der Waals surface area contributed by atoms with Crippen molar-refractivity contribution in [2.45, 2.75) is 32.0 Å². The topological polar surface area (TPSA) is 52.3 Å². The van der Waals surface area contributed by atoms with Crippen LogP contribution in [0.4, 0.5) is 4.39 Å². The lowest BCUT2D eigenvalue weighted by Gasteiger charge is -2.35. The van der Waals surface area contributed by atoms with Gasteiger partial charge in [0.1, 0.15) is 5.67 Å². The number of methoxy groups -OCH3 is 1. The first-order chi connectivity index (χ1) is 7.73. The molecular formula is C13H18FNO2. The van der Waals surface area contributed by atoms with Gasteiger partial charge in [-0.3, -0.25) is 0 Å². The molecular weight excluding hydrogens is 221 g/mol. The summed E-state index contributed by atoms with van der Waals surface area (Å²) in [6, 6.07) is 6.86. The first-order valence-corrected chi connectivity index (χ1v) is 5.37. The zero-order chi connectivity index (χ0) is 13.3. The van der Waals surface area contributed by atoms with Crippen LogP contribution in [0.15, 0.2) is 24.3 Å². The van der Waals surface area contributed by atoms with E-state index in [1.165, 1.54) is 21.0 Å². The Hall–Kier alpha value is -1.42. The van der Waals surface area contributed by atoms with E-state index in [4.69, 9.17) is 5.73 Å². The Morgan fingerprint density at radius 1 is 1.29 bits per heavy atom. The SMILES string of the molecule is COC(=O)C(N)(c1ccc(C)cc1)C(C)(C)F. The Labute approximate surface area is 101 Å². The molecule has 0 radical (unpaired) electrons. The number of esters is 1. The summed E-state index contributed by atoms with van der Waals surface area (Å²) in [5, 5.41) is 0. The van der Waals surface area contributed by atoms with Gasteiger partial charge in [0, 0.05) is 0 Å². The van der Waals surface area contributed by atoms with Gasteiger partial charge in [0.25, 0.3) is 0 Å². The number of nitrogens with two attached hydrogens (primary N) is 1. The quantitative estimate of drug-likeness (QED) is 0.821. The third-order valence-corrected chi connectivity index (χ3v) is 2.95. The van der Waals surface area contributed by atoms with Crippen LogP contribution in [0, 0.1) is 6.92 Å². The highest BCUT2D eigenvalue weighted by molar-refractivity contribution is 5.84. The number of rotatable bonds is 3. The Morgan fingerprint density at radius 3 is 2.12 bits per heavy atom. The molecule has 1 rings (SSSR count). The fourth-order valence-electron chi connectivity index (χ4n) is 1.68. The second-order valence-electron chi connectivity index (χ2n) is 4.64. The number of hydrogen-bond donors (Lipinski definition) is 1. The minimum Gasteiger partial charge on any atom is -0.467 e. The lowest BCUT2D eigenvalue weighted by molar-refractivity contribution is -0.153. The fourth-order valence-corrected chi connectivity index (χ4v) is 1.68. The van der Waals surface area contributed by atoms with Gasteiger partial charge in [0.2, 0.25) is 0 Å². The Kier molecular flexibility index (Phi) is 3.57. The smallest absolute Gasteiger partial charge is 0.333 e. The summed E-state index contributed by atoms with van der Waals surface area (Å²) in [5.74, 6) is -0.783. The van der Waals surface area contributed by atoms with Crippen molar-refractivity contribution in [1.82, 2.24) is 0 Å². The molecule has 0 spiro atoms. The average Bonchev–Trinajstić information content (AvgIpc) is 2.26. The Bertz CT molecular complexity index is 408. The van der Waals surface area contributed by atoms with Crippen LogP contribution < -0.4 is 5.73 Å². The predicted molar refractivity (Wildman–Crippen MR) is 64.2 cm³/mol. The molecule has 0 heterocycles. The van der Waals surface area contributed by atoms with Crippen molar-refractivity contribution in [2.24, 2.45) is 5.73 Å². The standard InChI is InChI=1S/C13H18FNO2/c1-9-5-7-10(8-6-9)13(15,11(16)17-4)12(2,3)14/h5-8H,15H2,1-4H3. The molecule has 94 valence electrons. The van der Waals surface area contributed by atoms with Crippen molar-refractivity contribution in [3.8, 4) is 0 Å². The molecule has 4 heteroatoms. The van der Waals surface area contributed by atoms with E-state index in [0.29, 0.717) is 5.56 Å². The first-order valence-electron chi connectivity index (χ1n) is 5.37. The molecule has 3 nitrogen and oxygen atoms in total. The van der Waals surface area contributed by atoms with Gasteiger partial charge in [0.05, 0.1) is 7.11 Å². The Balaban J connectivity index is 3.34. The van der Waals surface area contributed by atoms with E-state index in [1.54, 1.807) is 24.3 Å². The number of hydrogen-bond acceptors (Lipinski definition) is 3. The summed E-state index contributed by atoms with van der Waals surface area (Å²) in [5.41, 5.74) is 3.65. The van der Waals surface area contributed by atoms with Crippen LogP contribution >= 0.6 is 0 Å². The maximum absolute atomic E-state index is 14.2. The minimum absolute atomic E-state index is 0.405. The van der Waals surface area contributed by atoms with Crippen LogP contribution in [0.2, 0.25) is 0 Å². The average molecular weight is 239 g/mol. The van der Waals surface area contributed by atoms with Crippen molar-refractivity contribution in [3.05, 3.63) is 35.4 Å².